The number of para-hydroxylation sites is 1. The largest absolute Gasteiger partial charge is 0.492 e. The first kappa shape index (κ1) is 21.6. The first-order valence-corrected chi connectivity index (χ1v) is 10.3. The molecule has 2 aromatic heterocycles. The number of carbonyl (C=O) groups is 1. The molecule has 32 heavy (non-hydrogen) atoms. The summed E-state index contributed by atoms with van der Waals surface area (Å²) in [6, 6.07) is 6.44. The van der Waals surface area contributed by atoms with E-state index in [2.05, 4.69) is 20.6 Å². The van der Waals surface area contributed by atoms with Crippen molar-refractivity contribution >= 4 is 17.3 Å². The Kier molecular flexibility index (Phi) is 6.27. The number of aromatic amines is 1. The summed E-state index contributed by atoms with van der Waals surface area (Å²) < 4.78 is 25.5. The second-order valence-electron chi connectivity index (χ2n) is 7.70. The molecule has 1 aliphatic heterocycles. The number of rotatable bonds is 8. The van der Waals surface area contributed by atoms with Crippen molar-refractivity contribution in [3.8, 4) is 22.8 Å². The van der Waals surface area contributed by atoms with Gasteiger partial charge < -0.3 is 30.0 Å². The number of benzene rings is 1. The molecule has 3 aromatic rings. The Morgan fingerprint density at radius 2 is 2.12 bits per heavy atom. The van der Waals surface area contributed by atoms with Crippen LogP contribution in [0.3, 0.4) is 0 Å². The van der Waals surface area contributed by atoms with Gasteiger partial charge in [-0.05, 0) is 32.3 Å². The lowest BCUT2D eigenvalue weighted by Crippen LogP contribution is -2.31. The lowest BCUT2D eigenvalue weighted by molar-refractivity contribution is 0.0947. The van der Waals surface area contributed by atoms with Gasteiger partial charge in [-0.2, -0.15) is 0 Å². The predicted molar refractivity (Wildman–Crippen MR) is 120 cm³/mol. The van der Waals surface area contributed by atoms with Gasteiger partial charge in [0.1, 0.15) is 12.4 Å². The van der Waals surface area contributed by atoms with Gasteiger partial charge in [-0.1, -0.05) is 6.07 Å². The standard InChI is InChI=1S/C23H26FN5O3/c1-29(2)11-12-32-18-13-25-9-7-14(18)20-21(19-16(27-20)8-10-26-23(19)30)28-17-6-4-5-15(24)22(17)31-3/h4-7,9,13,27-28H,8,10-12H2,1-3H3,(H,26,30). The molecule has 0 aliphatic carbocycles. The molecule has 0 unspecified atom stereocenters. The van der Waals surface area contributed by atoms with E-state index >= 15 is 0 Å². The highest BCUT2D eigenvalue weighted by Gasteiger charge is 2.28. The Labute approximate surface area is 185 Å². The van der Waals surface area contributed by atoms with Crippen LogP contribution in [-0.2, 0) is 6.42 Å². The number of hydrogen-bond donors (Lipinski definition) is 3. The van der Waals surface area contributed by atoms with Gasteiger partial charge in [-0.25, -0.2) is 4.39 Å². The van der Waals surface area contributed by atoms with Crippen molar-refractivity contribution in [1.29, 1.82) is 0 Å². The van der Waals surface area contributed by atoms with Gasteiger partial charge >= 0.3 is 0 Å². The average molecular weight is 439 g/mol. The van der Waals surface area contributed by atoms with Crippen LogP contribution in [0.15, 0.2) is 36.7 Å². The van der Waals surface area contributed by atoms with Crippen molar-refractivity contribution in [2.24, 2.45) is 0 Å². The molecule has 0 fully saturated rings. The number of anilines is 2. The van der Waals surface area contributed by atoms with E-state index < -0.39 is 5.82 Å². The summed E-state index contributed by atoms with van der Waals surface area (Å²) in [5.41, 5.74) is 3.66. The molecule has 1 aliphatic rings. The van der Waals surface area contributed by atoms with Crippen LogP contribution in [0, 0.1) is 5.82 Å². The highest BCUT2D eigenvalue weighted by molar-refractivity contribution is 6.06. The number of amides is 1. The number of H-pyrrole nitrogens is 1. The number of methoxy groups -OCH3 is 1. The van der Waals surface area contributed by atoms with E-state index in [1.165, 1.54) is 13.2 Å². The van der Waals surface area contributed by atoms with Gasteiger partial charge in [0, 0.05) is 37.0 Å². The molecule has 0 spiro atoms. The monoisotopic (exact) mass is 439 g/mol. The number of aromatic nitrogens is 2. The summed E-state index contributed by atoms with van der Waals surface area (Å²) in [6.45, 7) is 1.76. The number of pyridine rings is 1. The molecule has 0 saturated heterocycles. The second kappa shape index (κ2) is 9.27. The Balaban J connectivity index is 1.81. The normalized spacial score (nSPS) is 13.0. The lowest BCUT2D eigenvalue weighted by Gasteiger charge is -2.17. The van der Waals surface area contributed by atoms with E-state index in [1.54, 1.807) is 24.5 Å². The highest BCUT2D eigenvalue weighted by atomic mass is 19.1. The second-order valence-corrected chi connectivity index (χ2v) is 7.70. The van der Waals surface area contributed by atoms with E-state index in [-0.39, 0.29) is 11.7 Å². The van der Waals surface area contributed by atoms with Crippen molar-refractivity contribution in [3.63, 3.8) is 0 Å². The molecular formula is C23H26FN5O3. The van der Waals surface area contributed by atoms with E-state index in [0.717, 1.165) is 17.8 Å². The third-order valence-electron chi connectivity index (χ3n) is 5.25. The maximum Gasteiger partial charge on any atom is 0.255 e. The zero-order valence-electron chi connectivity index (χ0n) is 18.3. The van der Waals surface area contributed by atoms with Crippen molar-refractivity contribution in [3.05, 3.63) is 53.7 Å². The van der Waals surface area contributed by atoms with Crippen molar-refractivity contribution in [2.45, 2.75) is 6.42 Å². The van der Waals surface area contributed by atoms with Crippen LogP contribution in [0.4, 0.5) is 15.8 Å². The maximum absolute atomic E-state index is 14.3. The summed E-state index contributed by atoms with van der Waals surface area (Å²) >= 11 is 0. The lowest BCUT2D eigenvalue weighted by atomic mass is 10.0. The summed E-state index contributed by atoms with van der Waals surface area (Å²) in [5.74, 6) is -0.0373. The third-order valence-corrected chi connectivity index (χ3v) is 5.25. The van der Waals surface area contributed by atoms with Crippen LogP contribution in [0.25, 0.3) is 11.3 Å². The van der Waals surface area contributed by atoms with Crippen LogP contribution >= 0.6 is 0 Å². The fourth-order valence-corrected chi connectivity index (χ4v) is 3.70. The van der Waals surface area contributed by atoms with Gasteiger partial charge in [0.15, 0.2) is 11.6 Å². The average Bonchev–Trinajstić information content (AvgIpc) is 3.13. The molecule has 3 heterocycles. The van der Waals surface area contributed by atoms with Crippen LogP contribution < -0.4 is 20.1 Å². The van der Waals surface area contributed by atoms with Gasteiger partial charge in [0.2, 0.25) is 0 Å². The number of hydrogen-bond acceptors (Lipinski definition) is 6. The number of ether oxygens (including phenoxy) is 2. The molecule has 0 radical (unpaired) electrons. The number of nitrogens with one attached hydrogen (secondary N) is 3. The Hall–Kier alpha value is -3.59. The summed E-state index contributed by atoms with van der Waals surface area (Å²) in [5, 5.41) is 6.11. The minimum Gasteiger partial charge on any atom is -0.492 e. The molecule has 1 aromatic carbocycles. The van der Waals surface area contributed by atoms with Gasteiger partial charge in [-0.3, -0.25) is 9.78 Å². The van der Waals surface area contributed by atoms with Gasteiger partial charge in [0.25, 0.3) is 5.91 Å². The van der Waals surface area contributed by atoms with E-state index in [0.29, 0.717) is 48.0 Å². The first-order chi connectivity index (χ1) is 15.5. The predicted octanol–water partition coefficient (Wildman–Crippen LogP) is 3.19. The van der Waals surface area contributed by atoms with E-state index in [4.69, 9.17) is 9.47 Å². The van der Waals surface area contributed by atoms with Crippen molar-refractivity contribution in [2.75, 3.05) is 46.2 Å². The minimum absolute atomic E-state index is 0.0711. The van der Waals surface area contributed by atoms with E-state index in [1.807, 2.05) is 25.1 Å². The minimum atomic E-state index is -0.496. The zero-order chi connectivity index (χ0) is 22.7. The maximum atomic E-state index is 14.3. The highest BCUT2D eigenvalue weighted by Crippen LogP contribution is 2.41. The molecule has 0 atom stereocenters. The van der Waals surface area contributed by atoms with Crippen molar-refractivity contribution in [1.82, 2.24) is 20.2 Å². The number of halogens is 1. The Morgan fingerprint density at radius 3 is 2.91 bits per heavy atom. The number of carbonyl (C=O) groups excluding carboxylic acids is 1. The summed E-state index contributed by atoms with van der Waals surface area (Å²) in [6.07, 6.45) is 3.97. The topological polar surface area (TPSA) is 91.5 Å². The van der Waals surface area contributed by atoms with Gasteiger partial charge in [-0.15, -0.1) is 0 Å². The third kappa shape index (κ3) is 4.24. The molecular weight excluding hydrogens is 413 g/mol. The quantitative estimate of drug-likeness (QED) is 0.499. The molecule has 0 saturated carbocycles. The summed E-state index contributed by atoms with van der Waals surface area (Å²) in [4.78, 5) is 22.4. The van der Waals surface area contributed by atoms with E-state index in [9.17, 15) is 9.18 Å². The SMILES string of the molecule is COc1c(F)cccc1Nc1c(-c2ccncc2OCCN(C)C)[nH]c2c1C(=O)NCC2. The number of fused-ring (bicyclic) bond motifs is 1. The molecule has 0 bridgehead atoms. The molecule has 3 N–H and O–H groups in total. The van der Waals surface area contributed by atoms with Crippen LogP contribution in [0.2, 0.25) is 0 Å². The Morgan fingerprint density at radius 1 is 1.28 bits per heavy atom. The molecule has 8 nitrogen and oxygen atoms in total. The molecule has 4 rings (SSSR count). The Bertz CT molecular complexity index is 1130. The molecule has 1 amide bonds. The van der Waals surface area contributed by atoms with Crippen molar-refractivity contribution < 1.29 is 18.7 Å². The number of likely N-dealkylation sites (N-methyl/N-ethyl adjacent to an activating group) is 1. The molecule has 168 valence electrons. The zero-order valence-corrected chi connectivity index (χ0v) is 18.3. The van der Waals surface area contributed by atoms with Crippen LogP contribution in [-0.4, -0.2) is 61.7 Å². The fourth-order valence-electron chi connectivity index (χ4n) is 3.70. The number of nitrogens with zero attached hydrogens (tertiary/aromatic N) is 2. The summed E-state index contributed by atoms with van der Waals surface area (Å²) in [7, 11) is 5.35. The smallest absolute Gasteiger partial charge is 0.255 e. The van der Waals surface area contributed by atoms with Crippen LogP contribution in [0.5, 0.6) is 11.5 Å². The van der Waals surface area contributed by atoms with Gasteiger partial charge in [0.05, 0.1) is 35.9 Å². The molecule has 9 heteroatoms. The first-order valence-electron chi connectivity index (χ1n) is 10.3. The fraction of sp³-hybridized carbons (Fsp3) is 0.304. The van der Waals surface area contributed by atoms with Crippen LogP contribution in [0.1, 0.15) is 16.1 Å².